The van der Waals surface area contributed by atoms with Crippen molar-refractivity contribution in [2.45, 2.75) is 32.6 Å². The lowest BCUT2D eigenvalue weighted by Gasteiger charge is -2.19. The molecule has 114 valence electrons. The number of hydrogen-bond donors (Lipinski definition) is 0. The van der Waals surface area contributed by atoms with Crippen molar-refractivity contribution in [1.29, 1.82) is 5.26 Å². The van der Waals surface area contributed by atoms with Crippen LogP contribution in [0.3, 0.4) is 0 Å². The molecule has 1 aromatic carbocycles. The maximum Gasteiger partial charge on any atom is 0.201 e. The van der Waals surface area contributed by atoms with E-state index >= 15 is 0 Å². The number of ketones is 1. The summed E-state index contributed by atoms with van der Waals surface area (Å²) in [6.45, 7) is 6.52. The van der Waals surface area contributed by atoms with Crippen LogP contribution in [0.1, 0.15) is 37.5 Å². The van der Waals surface area contributed by atoms with Crippen molar-refractivity contribution < 1.29 is 4.79 Å². The fourth-order valence-corrected chi connectivity index (χ4v) is 2.52. The molecule has 22 heavy (non-hydrogen) atoms. The highest BCUT2D eigenvalue weighted by molar-refractivity contribution is 6.14. The molecule has 3 nitrogen and oxygen atoms in total. The first-order valence-corrected chi connectivity index (χ1v) is 7.39. The molecule has 1 aliphatic carbocycles. The number of carbonyl (C=O) groups is 1. The number of hydrogen-bond acceptors (Lipinski definition) is 3. The molecule has 0 N–H and O–H groups in total. The Labute approximate surface area is 132 Å². The van der Waals surface area contributed by atoms with Crippen molar-refractivity contribution in [3.63, 3.8) is 0 Å². The van der Waals surface area contributed by atoms with Crippen molar-refractivity contribution in [2.75, 3.05) is 14.1 Å². The Morgan fingerprint density at radius 2 is 2.00 bits per heavy atom. The van der Waals surface area contributed by atoms with E-state index in [0.29, 0.717) is 12.0 Å². The lowest BCUT2D eigenvalue weighted by Crippen LogP contribution is -2.11. The number of nitriles is 1. The van der Waals surface area contributed by atoms with Gasteiger partial charge in [-0.1, -0.05) is 39.0 Å². The van der Waals surface area contributed by atoms with E-state index in [1.54, 1.807) is 25.2 Å². The zero-order chi connectivity index (χ0) is 16.5. The third-order valence-corrected chi connectivity index (χ3v) is 3.77. The minimum atomic E-state index is -0.176. The van der Waals surface area contributed by atoms with Crippen LogP contribution < -0.4 is 0 Å². The fourth-order valence-electron chi connectivity index (χ4n) is 2.52. The second-order valence-corrected chi connectivity index (χ2v) is 6.96. The highest BCUT2D eigenvalue weighted by Gasteiger charge is 2.23. The summed E-state index contributed by atoms with van der Waals surface area (Å²) in [5, 5.41) is 9.18. The summed E-state index contributed by atoms with van der Waals surface area (Å²) in [5.41, 5.74) is 4.45. The van der Waals surface area contributed by atoms with Gasteiger partial charge < -0.3 is 4.90 Å². The van der Waals surface area contributed by atoms with Crippen LogP contribution in [0.2, 0.25) is 0 Å². The summed E-state index contributed by atoms with van der Waals surface area (Å²) >= 11 is 0. The topological polar surface area (TPSA) is 44.1 Å². The minimum absolute atomic E-state index is 0.0816. The highest BCUT2D eigenvalue weighted by atomic mass is 16.1. The molecule has 2 rings (SSSR count). The van der Waals surface area contributed by atoms with E-state index in [1.807, 2.05) is 12.1 Å². The fraction of sp³-hybridized carbons (Fsp3) is 0.368. The summed E-state index contributed by atoms with van der Waals surface area (Å²) < 4.78 is 0. The molecule has 0 saturated heterocycles. The van der Waals surface area contributed by atoms with Gasteiger partial charge in [0.1, 0.15) is 11.6 Å². The molecular formula is C19H22N2O. The summed E-state index contributed by atoms with van der Waals surface area (Å²) in [5.74, 6) is -0.176. The van der Waals surface area contributed by atoms with E-state index in [2.05, 4.69) is 39.0 Å². The second kappa shape index (κ2) is 5.81. The molecule has 3 heteroatoms. The maximum atomic E-state index is 12.5. The number of carbonyl (C=O) groups excluding carboxylic acids is 1. The number of allylic oxidation sites excluding steroid dienone is 2. The van der Waals surface area contributed by atoms with E-state index in [-0.39, 0.29) is 16.8 Å². The predicted octanol–water partition coefficient (Wildman–Crippen LogP) is 3.46. The van der Waals surface area contributed by atoms with Crippen LogP contribution in [-0.4, -0.2) is 24.8 Å². The Kier molecular flexibility index (Phi) is 4.23. The van der Waals surface area contributed by atoms with E-state index in [4.69, 9.17) is 0 Å². The zero-order valence-corrected chi connectivity index (χ0v) is 13.9. The molecule has 0 atom stereocenters. The van der Waals surface area contributed by atoms with Gasteiger partial charge in [0.15, 0.2) is 0 Å². The van der Waals surface area contributed by atoms with Crippen LogP contribution in [0.15, 0.2) is 35.5 Å². The molecule has 0 aromatic heterocycles. The SMILES string of the molecule is CN(C)C=C(C#N)C(=O)C1=Cc2cc(C(C)(C)C)ccc2C1. The molecule has 0 spiro atoms. The Morgan fingerprint density at radius 1 is 1.32 bits per heavy atom. The number of benzene rings is 1. The molecule has 0 saturated carbocycles. The number of nitrogens with zero attached hydrogens (tertiary/aromatic N) is 2. The van der Waals surface area contributed by atoms with E-state index in [0.717, 1.165) is 11.1 Å². The van der Waals surface area contributed by atoms with Crippen molar-refractivity contribution in [1.82, 2.24) is 4.90 Å². The van der Waals surface area contributed by atoms with Crippen molar-refractivity contribution in [3.8, 4) is 6.07 Å². The van der Waals surface area contributed by atoms with Gasteiger partial charge in [-0.05, 0) is 28.2 Å². The number of Topliss-reactive ketones (excluding diaryl/α,β-unsaturated/α-hetero) is 1. The molecular weight excluding hydrogens is 272 g/mol. The highest BCUT2D eigenvalue weighted by Crippen LogP contribution is 2.31. The van der Waals surface area contributed by atoms with Crippen LogP contribution in [0.5, 0.6) is 0 Å². The molecule has 0 radical (unpaired) electrons. The van der Waals surface area contributed by atoms with Crippen LogP contribution in [0, 0.1) is 11.3 Å². The summed E-state index contributed by atoms with van der Waals surface area (Å²) in [7, 11) is 3.61. The Hall–Kier alpha value is -2.34. The predicted molar refractivity (Wildman–Crippen MR) is 89.2 cm³/mol. The molecule has 0 heterocycles. The first-order chi connectivity index (χ1) is 10.2. The third-order valence-electron chi connectivity index (χ3n) is 3.77. The molecule has 0 unspecified atom stereocenters. The van der Waals surface area contributed by atoms with Crippen molar-refractivity contribution >= 4 is 11.9 Å². The molecule has 0 aliphatic heterocycles. The average Bonchev–Trinajstić information content (AvgIpc) is 2.85. The van der Waals surface area contributed by atoms with Crippen LogP contribution in [0.25, 0.3) is 6.08 Å². The van der Waals surface area contributed by atoms with Gasteiger partial charge in [0.05, 0.1) is 0 Å². The smallest absolute Gasteiger partial charge is 0.201 e. The maximum absolute atomic E-state index is 12.5. The van der Waals surface area contributed by atoms with Crippen molar-refractivity contribution in [2.24, 2.45) is 0 Å². The Morgan fingerprint density at radius 3 is 2.55 bits per heavy atom. The molecule has 0 amide bonds. The number of fused-ring (bicyclic) bond motifs is 1. The van der Waals surface area contributed by atoms with Crippen LogP contribution in [0.4, 0.5) is 0 Å². The average molecular weight is 294 g/mol. The molecule has 0 fully saturated rings. The third kappa shape index (κ3) is 3.28. The van der Waals surface area contributed by atoms with Crippen molar-refractivity contribution in [3.05, 3.63) is 52.2 Å². The first kappa shape index (κ1) is 16.0. The van der Waals surface area contributed by atoms with Crippen LogP contribution in [-0.2, 0) is 16.6 Å². The van der Waals surface area contributed by atoms with Gasteiger partial charge in [-0.25, -0.2) is 0 Å². The van der Waals surface area contributed by atoms with Gasteiger partial charge in [0.25, 0.3) is 0 Å². The molecule has 1 aliphatic rings. The summed E-state index contributed by atoms with van der Waals surface area (Å²) in [6, 6.07) is 8.37. The van der Waals surface area contributed by atoms with E-state index in [9.17, 15) is 10.1 Å². The van der Waals surface area contributed by atoms with Gasteiger partial charge in [0, 0.05) is 32.3 Å². The Balaban J connectivity index is 2.33. The lowest BCUT2D eigenvalue weighted by molar-refractivity contribution is -0.111. The van der Waals surface area contributed by atoms with Gasteiger partial charge in [-0.2, -0.15) is 5.26 Å². The standard InChI is InChI=1S/C19H22N2O/c1-19(2,3)17-7-6-13-8-15(9-14(13)10-17)18(22)16(11-20)12-21(4)5/h6-7,9-10,12H,8H2,1-5H3. The van der Waals surface area contributed by atoms with E-state index in [1.165, 1.54) is 5.56 Å². The van der Waals surface area contributed by atoms with Gasteiger partial charge in [0.2, 0.25) is 5.78 Å². The molecule has 0 bridgehead atoms. The van der Waals surface area contributed by atoms with Gasteiger partial charge in [-0.3, -0.25) is 4.79 Å². The lowest BCUT2D eigenvalue weighted by atomic mass is 9.85. The van der Waals surface area contributed by atoms with E-state index < -0.39 is 0 Å². The quantitative estimate of drug-likeness (QED) is 0.633. The Bertz CT molecular complexity index is 710. The second-order valence-electron chi connectivity index (χ2n) is 6.96. The number of rotatable bonds is 3. The van der Waals surface area contributed by atoms with Gasteiger partial charge in [-0.15, -0.1) is 0 Å². The summed E-state index contributed by atoms with van der Waals surface area (Å²) in [6.07, 6.45) is 4.10. The largest absolute Gasteiger partial charge is 0.382 e. The van der Waals surface area contributed by atoms with Crippen LogP contribution >= 0.6 is 0 Å². The monoisotopic (exact) mass is 294 g/mol. The zero-order valence-electron chi connectivity index (χ0n) is 13.9. The normalized spacial score (nSPS) is 14.2. The molecule has 1 aromatic rings. The van der Waals surface area contributed by atoms with Gasteiger partial charge >= 0.3 is 0 Å². The minimum Gasteiger partial charge on any atom is -0.382 e. The summed E-state index contributed by atoms with van der Waals surface area (Å²) in [4.78, 5) is 14.2. The first-order valence-electron chi connectivity index (χ1n) is 7.39.